The summed E-state index contributed by atoms with van der Waals surface area (Å²) in [6.07, 6.45) is -1.74. The van der Waals surface area contributed by atoms with E-state index < -0.39 is 14.2 Å². The second kappa shape index (κ2) is 7.40. The zero-order chi connectivity index (χ0) is 14.3. The van der Waals surface area contributed by atoms with Crippen LogP contribution in [-0.4, -0.2) is 14.9 Å². The van der Waals surface area contributed by atoms with E-state index in [1.165, 1.54) is 0 Å². The Bertz CT molecular complexity index is 409. The van der Waals surface area contributed by atoms with Crippen molar-refractivity contribution < 1.29 is 18.3 Å². The summed E-state index contributed by atoms with van der Waals surface area (Å²) in [5, 5.41) is 0. The number of halogens is 2. The summed E-state index contributed by atoms with van der Waals surface area (Å²) in [5.41, 5.74) is 0.988. The van der Waals surface area contributed by atoms with Crippen molar-refractivity contribution in [1.82, 2.24) is 0 Å². The minimum atomic E-state index is -1.74. The molecule has 0 saturated heterocycles. The highest BCUT2D eigenvalue weighted by atomic mass is 28.3. The van der Waals surface area contributed by atoms with Crippen LogP contribution in [0.5, 0.6) is 0 Å². The quantitative estimate of drug-likeness (QED) is 0.315. The third-order valence-corrected chi connectivity index (χ3v) is 3.71. The Balaban J connectivity index is 2.36. The summed E-state index contributed by atoms with van der Waals surface area (Å²) in [7, 11) is -1.63. The molecule has 2 nitrogen and oxygen atoms in total. The van der Waals surface area contributed by atoms with Crippen LogP contribution in [0.15, 0.2) is 42.2 Å². The first kappa shape index (κ1) is 15.9. The molecule has 1 rings (SSSR count). The average molecular weight is 286 g/mol. The van der Waals surface area contributed by atoms with Gasteiger partial charge in [-0.3, -0.25) is 0 Å². The highest BCUT2D eigenvalue weighted by Gasteiger charge is 2.20. The first-order valence-electron chi connectivity index (χ1n) is 6.17. The molecular formula is C14H20F2O2Si. The molecule has 0 aromatic heterocycles. The Morgan fingerprint density at radius 1 is 1.11 bits per heavy atom. The topological polar surface area (TPSA) is 18.5 Å². The molecule has 0 fully saturated rings. The normalized spacial score (nSPS) is 11.2. The molecule has 0 aliphatic rings. The lowest BCUT2D eigenvalue weighted by molar-refractivity contribution is -0.0358. The molecule has 0 aliphatic carbocycles. The van der Waals surface area contributed by atoms with Crippen molar-refractivity contribution >= 4 is 8.07 Å². The number of rotatable bonds is 7. The van der Waals surface area contributed by atoms with E-state index in [-0.39, 0.29) is 12.6 Å². The number of allylic oxidation sites excluding steroid dienone is 1. The first-order valence-corrected chi connectivity index (χ1v) is 9.88. The van der Waals surface area contributed by atoms with Crippen LogP contribution < -0.4 is 0 Å². The van der Waals surface area contributed by atoms with Crippen LogP contribution in [0.3, 0.4) is 0 Å². The standard InChI is InChI=1S/C14H20F2O2Si/c1-19(2,3)10-13(14(15)16)18-11-17-9-12-7-5-4-6-8-12/h4-8H,9-11H2,1-3H3. The van der Waals surface area contributed by atoms with Gasteiger partial charge in [-0.25, -0.2) is 0 Å². The Morgan fingerprint density at radius 2 is 1.74 bits per heavy atom. The Labute approximate surface area is 114 Å². The van der Waals surface area contributed by atoms with Crippen LogP contribution in [0.1, 0.15) is 5.56 Å². The van der Waals surface area contributed by atoms with E-state index in [9.17, 15) is 8.78 Å². The van der Waals surface area contributed by atoms with Gasteiger partial charge in [-0.05, 0) is 5.56 Å². The SMILES string of the molecule is C[Si](C)(C)CC(OCOCc1ccccc1)=C(F)F. The predicted octanol–water partition coefficient (Wildman–Crippen LogP) is 4.62. The van der Waals surface area contributed by atoms with E-state index in [0.717, 1.165) is 5.56 Å². The van der Waals surface area contributed by atoms with Gasteiger partial charge in [0, 0.05) is 6.04 Å². The molecule has 0 aliphatic heterocycles. The molecule has 0 spiro atoms. The lowest BCUT2D eigenvalue weighted by atomic mass is 10.2. The van der Waals surface area contributed by atoms with Crippen LogP contribution in [0.4, 0.5) is 8.78 Å². The smallest absolute Gasteiger partial charge is 0.307 e. The molecule has 19 heavy (non-hydrogen) atoms. The van der Waals surface area contributed by atoms with E-state index in [1.807, 2.05) is 50.0 Å². The van der Waals surface area contributed by atoms with Gasteiger partial charge in [0.25, 0.3) is 0 Å². The van der Waals surface area contributed by atoms with Gasteiger partial charge in [0.2, 0.25) is 0 Å². The summed E-state index contributed by atoms with van der Waals surface area (Å²) in [5.74, 6) is -0.229. The van der Waals surface area contributed by atoms with E-state index >= 15 is 0 Å². The van der Waals surface area contributed by atoms with Crippen LogP contribution >= 0.6 is 0 Å². The fourth-order valence-corrected chi connectivity index (χ4v) is 2.70. The summed E-state index contributed by atoms with van der Waals surface area (Å²) in [6, 6.07) is 9.86. The number of benzene rings is 1. The van der Waals surface area contributed by atoms with Gasteiger partial charge < -0.3 is 9.47 Å². The van der Waals surface area contributed by atoms with Crippen molar-refractivity contribution in [3.8, 4) is 0 Å². The maximum atomic E-state index is 12.7. The predicted molar refractivity (Wildman–Crippen MR) is 74.6 cm³/mol. The second-order valence-corrected chi connectivity index (χ2v) is 11.0. The molecule has 1 aromatic rings. The zero-order valence-corrected chi connectivity index (χ0v) is 12.6. The van der Waals surface area contributed by atoms with Crippen molar-refractivity contribution in [1.29, 1.82) is 0 Å². The van der Waals surface area contributed by atoms with Gasteiger partial charge >= 0.3 is 6.08 Å². The Morgan fingerprint density at radius 3 is 2.26 bits per heavy atom. The van der Waals surface area contributed by atoms with Crippen molar-refractivity contribution in [3.63, 3.8) is 0 Å². The highest BCUT2D eigenvalue weighted by Crippen LogP contribution is 2.22. The summed E-state index contributed by atoms with van der Waals surface area (Å²) >= 11 is 0. The maximum absolute atomic E-state index is 12.7. The van der Waals surface area contributed by atoms with Gasteiger partial charge in [-0.15, -0.1) is 0 Å². The average Bonchev–Trinajstić information content (AvgIpc) is 2.32. The van der Waals surface area contributed by atoms with Crippen molar-refractivity contribution in [2.24, 2.45) is 0 Å². The molecule has 0 saturated carbocycles. The van der Waals surface area contributed by atoms with Crippen LogP contribution in [0, 0.1) is 0 Å². The molecule has 0 bridgehead atoms. The molecule has 0 heterocycles. The Hall–Kier alpha value is -1.20. The van der Waals surface area contributed by atoms with Gasteiger partial charge in [0.1, 0.15) is 0 Å². The lowest BCUT2D eigenvalue weighted by Gasteiger charge is -2.18. The number of hydrogen-bond donors (Lipinski definition) is 0. The van der Waals surface area contributed by atoms with Crippen molar-refractivity contribution in [2.45, 2.75) is 32.3 Å². The molecule has 0 unspecified atom stereocenters. The first-order chi connectivity index (χ1) is 8.88. The third kappa shape index (κ3) is 7.08. The fraction of sp³-hybridized carbons (Fsp3) is 0.429. The Kier molecular flexibility index (Phi) is 6.18. The largest absolute Gasteiger partial charge is 0.467 e. The van der Waals surface area contributed by atoms with Gasteiger partial charge in [0.05, 0.1) is 14.7 Å². The minimum absolute atomic E-state index is 0.147. The molecule has 0 atom stereocenters. The van der Waals surface area contributed by atoms with Crippen LogP contribution in [0.25, 0.3) is 0 Å². The minimum Gasteiger partial charge on any atom is -0.467 e. The van der Waals surface area contributed by atoms with E-state index in [1.54, 1.807) is 0 Å². The number of ether oxygens (including phenoxy) is 2. The summed E-state index contributed by atoms with van der Waals surface area (Å²) in [6.45, 7) is 6.26. The highest BCUT2D eigenvalue weighted by molar-refractivity contribution is 6.76. The maximum Gasteiger partial charge on any atom is 0.307 e. The van der Waals surface area contributed by atoms with E-state index in [4.69, 9.17) is 9.47 Å². The monoisotopic (exact) mass is 286 g/mol. The molecule has 0 N–H and O–H groups in total. The number of hydrogen-bond acceptors (Lipinski definition) is 2. The van der Waals surface area contributed by atoms with Crippen molar-refractivity contribution in [2.75, 3.05) is 6.79 Å². The molecule has 1 aromatic carbocycles. The molecule has 106 valence electrons. The molecular weight excluding hydrogens is 266 g/mol. The van der Waals surface area contributed by atoms with Crippen LogP contribution in [0.2, 0.25) is 25.7 Å². The fourth-order valence-electron chi connectivity index (χ4n) is 1.50. The molecule has 5 heteroatoms. The summed E-state index contributed by atoms with van der Waals surface area (Å²) in [4.78, 5) is 0. The van der Waals surface area contributed by atoms with Crippen molar-refractivity contribution in [3.05, 3.63) is 47.7 Å². The summed E-state index contributed by atoms with van der Waals surface area (Å²) < 4.78 is 35.7. The van der Waals surface area contributed by atoms with Gasteiger partial charge in [-0.1, -0.05) is 50.0 Å². The molecule has 0 amide bonds. The van der Waals surface area contributed by atoms with E-state index in [2.05, 4.69) is 0 Å². The zero-order valence-electron chi connectivity index (χ0n) is 11.6. The third-order valence-electron chi connectivity index (χ3n) is 2.33. The van der Waals surface area contributed by atoms with Gasteiger partial charge in [-0.2, -0.15) is 8.78 Å². The lowest BCUT2D eigenvalue weighted by Crippen LogP contribution is -2.21. The molecule has 0 radical (unpaired) electrons. The van der Waals surface area contributed by atoms with E-state index in [0.29, 0.717) is 12.7 Å². The van der Waals surface area contributed by atoms with Gasteiger partial charge in [0.15, 0.2) is 12.6 Å². The van der Waals surface area contributed by atoms with Crippen LogP contribution in [-0.2, 0) is 16.1 Å². The second-order valence-electron chi connectivity index (χ2n) is 5.52.